The maximum atomic E-state index is 12.6. The van der Waals surface area contributed by atoms with Crippen molar-refractivity contribution in [1.82, 2.24) is 25.3 Å². The van der Waals surface area contributed by atoms with Crippen LogP contribution in [0.2, 0.25) is 0 Å². The second kappa shape index (κ2) is 7.14. The van der Waals surface area contributed by atoms with Crippen molar-refractivity contribution < 1.29 is 13.8 Å². The average molecular weight is 369 g/mol. The fourth-order valence-corrected chi connectivity index (χ4v) is 3.15. The van der Waals surface area contributed by atoms with Crippen molar-refractivity contribution in [2.24, 2.45) is 5.92 Å². The van der Waals surface area contributed by atoms with Crippen LogP contribution in [0, 0.1) is 19.8 Å². The first-order chi connectivity index (χ1) is 13.1. The van der Waals surface area contributed by atoms with Crippen molar-refractivity contribution in [2.75, 3.05) is 23.3 Å². The van der Waals surface area contributed by atoms with Gasteiger partial charge in [-0.15, -0.1) is 0 Å². The number of rotatable bonds is 4. The van der Waals surface area contributed by atoms with E-state index in [4.69, 9.17) is 9.05 Å². The zero-order chi connectivity index (χ0) is 18.8. The lowest BCUT2D eigenvalue weighted by molar-refractivity contribution is -0.120. The number of hydrogen-bond acceptors (Lipinski definition) is 9. The maximum Gasteiger partial charge on any atom is 0.263 e. The van der Waals surface area contributed by atoms with Crippen molar-refractivity contribution in [3.8, 4) is 11.5 Å². The van der Waals surface area contributed by atoms with Crippen molar-refractivity contribution in [2.45, 2.75) is 26.7 Å². The molecule has 27 heavy (non-hydrogen) atoms. The monoisotopic (exact) mass is 369 g/mol. The highest BCUT2D eigenvalue weighted by Gasteiger charge is 2.29. The van der Waals surface area contributed by atoms with E-state index in [9.17, 15) is 4.79 Å². The van der Waals surface area contributed by atoms with Crippen LogP contribution in [-0.4, -0.2) is 44.3 Å². The molecule has 3 aromatic rings. The Morgan fingerprint density at radius 1 is 1.26 bits per heavy atom. The Kier molecular flexibility index (Phi) is 4.53. The largest absolute Gasteiger partial charge is 0.363 e. The first-order valence-electron chi connectivity index (χ1n) is 8.70. The Bertz CT molecular complexity index is 938. The van der Waals surface area contributed by atoms with Crippen LogP contribution in [0.25, 0.3) is 11.5 Å². The van der Waals surface area contributed by atoms with E-state index in [0.717, 1.165) is 19.4 Å². The first-order valence-corrected chi connectivity index (χ1v) is 8.70. The van der Waals surface area contributed by atoms with E-state index in [1.165, 1.54) is 6.26 Å². The Morgan fingerprint density at radius 3 is 2.89 bits per heavy atom. The smallest absolute Gasteiger partial charge is 0.263 e. The van der Waals surface area contributed by atoms with Gasteiger partial charge in [-0.2, -0.15) is 4.98 Å². The highest BCUT2D eigenvalue weighted by Crippen LogP contribution is 2.31. The van der Waals surface area contributed by atoms with Crippen molar-refractivity contribution in [1.29, 1.82) is 0 Å². The average Bonchev–Trinajstić information content (AvgIpc) is 3.33. The van der Waals surface area contributed by atoms with Crippen LogP contribution >= 0.6 is 0 Å². The molecule has 4 rings (SSSR count). The number of aromatic nitrogens is 5. The summed E-state index contributed by atoms with van der Waals surface area (Å²) in [5, 5.41) is 10.4. The molecule has 1 aliphatic heterocycles. The fourth-order valence-electron chi connectivity index (χ4n) is 3.15. The van der Waals surface area contributed by atoms with Crippen LogP contribution < -0.4 is 10.2 Å². The van der Waals surface area contributed by atoms with Crippen LogP contribution in [0.15, 0.2) is 27.6 Å². The standard InChI is InChI=1S/C17H19N7O3/c1-10-18-8-13(17-20-11(2)22-27-17)15(19-10)24-6-3-4-12(9-24)16(25)21-14-5-7-26-23-14/h5,7-8,12H,3-4,6,9H2,1-2H3,(H,21,23,25). The van der Waals surface area contributed by atoms with Gasteiger partial charge in [0.2, 0.25) is 5.91 Å². The van der Waals surface area contributed by atoms with E-state index in [1.807, 2.05) is 6.92 Å². The number of aryl methyl sites for hydroxylation is 2. The van der Waals surface area contributed by atoms with E-state index < -0.39 is 0 Å². The third kappa shape index (κ3) is 3.64. The second-order valence-corrected chi connectivity index (χ2v) is 6.46. The lowest BCUT2D eigenvalue weighted by atomic mass is 9.97. The number of piperidine rings is 1. The summed E-state index contributed by atoms with van der Waals surface area (Å²) in [6, 6.07) is 1.61. The number of nitrogens with one attached hydrogen (secondary N) is 1. The highest BCUT2D eigenvalue weighted by molar-refractivity contribution is 5.92. The van der Waals surface area contributed by atoms with Crippen molar-refractivity contribution >= 4 is 17.5 Å². The fraction of sp³-hybridized carbons (Fsp3) is 0.412. The van der Waals surface area contributed by atoms with E-state index >= 15 is 0 Å². The number of carbonyl (C=O) groups excluding carboxylic acids is 1. The topological polar surface area (TPSA) is 123 Å². The molecule has 0 bridgehead atoms. The molecule has 10 heteroatoms. The van der Waals surface area contributed by atoms with Crippen molar-refractivity contribution in [3.05, 3.63) is 30.2 Å². The number of hydrogen-bond donors (Lipinski definition) is 1. The van der Waals surface area contributed by atoms with Crippen LogP contribution in [0.3, 0.4) is 0 Å². The summed E-state index contributed by atoms with van der Waals surface area (Å²) in [5.41, 5.74) is 0.666. The molecule has 1 fully saturated rings. The SMILES string of the molecule is Cc1noc(-c2cnc(C)nc2N2CCCC(C(=O)Nc3ccon3)C2)n1. The molecule has 1 unspecified atom stereocenters. The molecule has 140 valence electrons. The Hall–Kier alpha value is -3.30. The molecule has 1 amide bonds. The molecule has 1 atom stereocenters. The van der Waals surface area contributed by atoms with Gasteiger partial charge in [-0.3, -0.25) is 4.79 Å². The van der Waals surface area contributed by atoms with Crippen LogP contribution in [0.5, 0.6) is 0 Å². The maximum absolute atomic E-state index is 12.6. The van der Waals surface area contributed by atoms with E-state index in [-0.39, 0.29) is 11.8 Å². The number of nitrogens with zero attached hydrogens (tertiary/aromatic N) is 6. The summed E-state index contributed by atoms with van der Waals surface area (Å²) >= 11 is 0. The van der Waals surface area contributed by atoms with Gasteiger partial charge in [-0.25, -0.2) is 9.97 Å². The molecule has 3 aromatic heterocycles. The summed E-state index contributed by atoms with van der Waals surface area (Å²) in [4.78, 5) is 27.8. The van der Waals surface area contributed by atoms with Gasteiger partial charge in [0, 0.05) is 25.4 Å². The minimum absolute atomic E-state index is 0.0884. The third-order valence-electron chi connectivity index (χ3n) is 4.43. The molecule has 4 heterocycles. The zero-order valence-corrected chi connectivity index (χ0v) is 15.0. The minimum atomic E-state index is -0.192. The third-order valence-corrected chi connectivity index (χ3v) is 4.43. The molecule has 1 aliphatic rings. The van der Waals surface area contributed by atoms with Crippen LogP contribution in [0.1, 0.15) is 24.5 Å². The minimum Gasteiger partial charge on any atom is -0.363 e. The molecule has 0 aromatic carbocycles. The van der Waals surface area contributed by atoms with Gasteiger partial charge in [0.05, 0.1) is 5.92 Å². The van der Waals surface area contributed by atoms with Crippen LogP contribution in [0.4, 0.5) is 11.6 Å². The molecular weight excluding hydrogens is 350 g/mol. The Balaban J connectivity index is 1.57. The summed E-state index contributed by atoms with van der Waals surface area (Å²) in [5.74, 6) is 2.38. The van der Waals surface area contributed by atoms with Crippen LogP contribution in [-0.2, 0) is 4.79 Å². The van der Waals surface area contributed by atoms with Gasteiger partial charge in [-0.05, 0) is 26.7 Å². The normalized spacial score (nSPS) is 17.1. The van der Waals surface area contributed by atoms with E-state index in [1.54, 1.807) is 19.2 Å². The number of amides is 1. The summed E-state index contributed by atoms with van der Waals surface area (Å²) in [7, 11) is 0. The van der Waals surface area contributed by atoms with E-state index in [2.05, 4.69) is 35.5 Å². The molecule has 1 saturated heterocycles. The summed E-state index contributed by atoms with van der Waals surface area (Å²) < 4.78 is 10.1. The quantitative estimate of drug-likeness (QED) is 0.735. The van der Waals surface area contributed by atoms with Gasteiger partial charge >= 0.3 is 0 Å². The second-order valence-electron chi connectivity index (χ2n) is 6.46. The molecular formula is C17H19N7O3. The van der Waals surface area contributed by atoms with Gasteiger partial charge in [0.25, 0.3) is 5.89 Å². The van der Waals surface area contributed by atoms with Gasteiger partial charge in [-0.1, -0.05) is 10.3 Å². The molecule has 1 N–H and O–H groups in total. The van der Waals surface area contributed by atoms with Gasteiger partial charge in [0.1, 0.15) is 23.5 Å². The van der Waals surface area contributed by atoms with Gasteiger partial charge < -0.3 is 19.3 Å². The van der Waals surface area contributed by atoms with E-state index in [0.29, 0.717) is 41.3 Å². The summed E-state index contributed by atoms with van der Waals surface area (Å²) in [6.07, 6.45) is 4.76. The highest BCUT2D eigenvalue weighted by atomic mass is 16.5. The predicted octanol–water partition coefficient (Wildman–Crippen LogP) is 1.99. The predicted molar refractivity (Wildman–Crippen MR) is 94.9 cm³/mol. The molecule has 0 aliphatic carbocycles. The summed E-state index contributed by atoms with van der Waals surface area (Å²) in [6.45, 7) is 4.89. The lowest BCUT2D eigenvalue weighted by Gasteiger charge is -2.33. The van der Waals surface area contributed by atoms with Crippen molar-refractivity contribution in [3.63, 3.8) is 0 Å². The number of carbonyl (C=O) groups is 1. The zero-order valence-electron chi connectivity index (χ0n) is 15.0. The lowest BCUT2D eigenvalue weighted by Crippen LogP contribution is -2.41. The molecule has 0 spiro atoms. The molecule has 0 saturated carbocycles. The Morgan fingerprint density at radius 2 is 2.15 bits per heavy atom. The first kappa shape index (κ1) is 17.1. The Labute approximate surface area is 155 Å². The molecule has 0 radical (unpaired) electrons. The molecule has 10 nitrogen and oxygen atoms in total. The number of anilines is 2. The van der Waals surface area contributed by atoms with Gasteiger partial charge in [0.15, 0.2) is 11.6 Å².